The number of amides is 2. The normalized spacial score (nSPS) is 22.6. The van der Waals surface area contributed by atoms with Crippen molar-refractivity contribution in [1.82, 2.24) is 25.3 Å². The van der Waals surface area contributed by atoms with E-state index in [2.05, 4.69) is 34.3 Å². The van der Waals surface area contributed by atoms with Gasteiger partial charge in [-0.15, -0.1) is 0 Å². The fourth-order valence-corrected chi connectivity index (χ4v) is 6.66. The van der Waals surface area contributed by atoms with Gasteiger partial charge in [0.2, 0.25) is 5.91 Å². The molecule has 0 radical (unpaired) electrons. The molecule has 250 valence electrons. The number of piperidine rings is 1. The third kappa shape index (κ3) is 7.79. The molecule has 0 spiro atoms. The van der Waals surface area contributed by atoms with Gasteiger partial charge in [0.25, 0.3) is 5.91 Å². The van der Waals surface area contributed by atoms with E-state index in [1.54, 1.807) is 17.0 Å². The van der Waals surface area contributed by atoms with Gasteiger partial charge in [-0.05, 0) is 79.6 Å². The predicted octanol–water partition coefficient (Wildman–Crippen LogP) is 5.89. The van der Waals surface area contributed by atoms with Crippen molar-refractivity contribution in [2.24, 2.45) is 5.92 Å². The lowest BCUT2D eigenvalue weighted by molar-refractivity contribution is -0.128. The number of hydrogen-bond acceptors (Lipinski definition) is 7. The monoisotopic (exact) mass is 647 g/mol. The first-order valence-corrected chi connectivity index (χ1v) is 16.6. The quantitative estimate of drug-likeness (QED) is 0.310. The number of aromatic nitrogens is 2. The molecule has 9 nitrogen and oxygen atoms in total. The summed E-state index contributed by atoms with van der Waals surface area (Å²) < 4.78 is 42.6. The average Bonchev–Trinajstić information content (AvgIpc) is 3.39. The summed E-state index contributed by atoms with van der Waals surface area (Å²) in [7, 11) is 0. The number of carbonyl (C=O) groups is 2. The van der Waals surface area contributed by atoms with Crippen molar-refractivity contribution in [2.75, 3.05) is 32.8 Å². The molecule has 2 aromatic carbocycles. The minimum Gasteiger partial charge on any atom is -0.457 e. The molecular formula is C36H43F2N5O4. The van der Waals surface area contributed by atoms with Crippen LogP contribution >= 0.6 is 0 Å². The SMILES string of the molecule is CC1CC(=O)N(Cc2cc(F)c(C(=O)NC3CCN(C4CCOCC4)CC3F)cc2Oc2ccc(-c3ccc(C(C)C)nn3)cc2)C1. The molecule has 2 amide bonds. The highest BCUT2D eigenvalue weighted by Gasteiger charge is 2.35. The molecule has 1 aromatic heterocycles. The van der Waals surface area contributed by atoms with Crippen LogP contribution in [0.4, 0.5) is 8.78 Å². The molecule has 3 aliphatic heterocycles. The zero-order valence-corrected chi connectivity index (χ0v) is 27.3. The highest BCUT2D eigenvalue weighted by Crippen LogP contribution is 2.33. The molecule has 3 aliphatic rings. The molecule has 47 heavy (non-hydrogen) atoms. The van der Waals surface area contributed by atoms with Crippen molar-refractivity contribution in [3.05, 3.63) is 71.2 Å². The van der Waals surface area contributed by atoms with Crippen LogP contribution in [0.2, 0.25) is 0 Å². The number of hydrogen-bond donors (Lipinski definition) is 1. The molecule has 0 bridgehead atoms. The van der Waals surface area contributed by atoms with Crippen molar-refractivity contribution in [3.8, 4) is 22.8 Å². The summed E-state index contributed by atoms with van der Waals surface area (Å²) in [6.07, 6.45) is 1.32. The Morgan fingerprint density at radius 3 is 2.47 bits per heavy atom. The fourth-order valence-electron chi connectivity index (χ4n) is 6.66. The Morgan fingerprint density at radius 2 is 1.83 bits per heavy atom. The second-order valence-corrected chi connectivity index (χ2v) is 13.4. The first-order valence-electron chi connectivity index (χ1n) is 16.6. The number of rotatable bonds is 9. The summed E-state index contributed by atoms with van der Waals surface area (Å²) in [6.45, 7) is 9.03. The number of likely N-dealkylation sites (tertiary alicyclic amines) is 2. The van der Waals surface area contributed by atoms with E-state index in [1.165, 1.54) is 12.1 Å². The molecule has 4 heterocycles. The Hall–Kier alpha value is -3.96. The zero-order chi connectivity index (χ0) is 33.1. The summed E-state index contributed by atoms with van der Waals surface area (Å²) in [5.74, 6) is -0.279. The summed E-state index contributed by atoms with van der Waals surface area (Å²) >= 11 is 0. The van der Waals surface area contributed by atoms with E-state index in [0.717, 1.165) is 24.1 Å². The standard InChI is InChI=1S/C36H43F2N5O4/c1-22(2)31-8-9-32(41-40-31)24-4-6-27(7-5-24)47-34-18-28(29(37)17-25(34)20-43-19-23(3)16-35(43)44)36(45)39-33-10-13-42(21-30(33)38)26-11-14-46-15-12-26/h4-9,17-18,22-23,26,30,33H,10-16,19-21H2,1-3H3,(H,39,45). The summed E-state index contributed by atoms with van der Waals surface area (Å²) in [5.41, 5.74) is 2.68. The van der Waals surface area contributed by atoms with Gasteiger partial charge < -0.3 is 19.7 Å². The number of benzene rings is 2. The van der Waals surface area contributed by atoms with Crippen molar-refractivity contribution >= 4 is 11.8 Å². The number of nitrogens with one attached hydrogen (secondary N) is 1. The first-order chi connectivity index (χ1) is 22.6. The van der Waals surface area contributed by atoms with Crippen molar-refractivity contribution in [3.63, 3.8) is 0 Å². The number of ether oxygens (including phenoxy) is 2. The van der Waals surface area contributed by atoms with E-state index >= 15 is 8.78 Å². The number of carbonyl (C=O) groups excluding carboxylic acids is 2. The Kier molecular flexibility index (Phi) is 10.1. The molecular weight excluding hydrogens is 604 g/mol. The van der Waals surface area contributed by atoms with Crippen LogP contribution in [-0.4, -0.2) is 82.9 Å². The molecule has 3 atom stereocenters. The average molecular weight is 648 g/mol. The van der Waals surface area contributed by atoms with Crippen LogP contribution in [0.3, 0.4) is 0 Å². The van der Waals surface area contributed by atoms with Crippen molar-refractivity contribution in [2.45, 2.75) is 77.2 Å². The molecule has 3 aromatic rings. The van der Waals surface area contributed by atoms with Gasteiger partial charge in [0, 0.05) is 63.0 Å². The van der Waals surface area contributed by atoms with Crippen LogP contribution in [0.25, 0.3) is 11.3 Å². The van der Waals surface area contributed by atoms with Crippen LogP contribution in [0, 0.1) is 11.7 Å². The third-order valence-corrected chi connectivity index (χ3v) is 9.41. The zero-order valence-electron chi connectivity index (χ0n) is 27.3. The van der Waals surface area contributed by atoms with Crippen LogP contribution in [-0.2, 0) is 16.1 Å². The minimum atomic E-state index is -1.28. The van der Waals surface area contributed by atoms with E-state index in [1.807, 2.05) is 31.2 Å². The number of halogens is 2. The Labute approximate surface area is 274 Å². The van der Waals surface area contributed by atoms with Gasteiger partial charge in [0.05, 0.1) is 23.0 Å². The van der Waals surface area contributed by atoms with Gasteiger partial charge in [0.1, 0.15) is 23.5 Å². The molecule has 1 N–H and O–H groups in total. The van der Waals surface area contributed by atoms with E-state index in [-0.39, 0.29) is 48.2 Å². The van der Waals surface area contributed by atoms with Gasteiger partial charge in [-0.25, -0.2) is 8.78 Å². The molecule has 0 saturated carbocycles. The van der Waals surface area contributed by atoms with E-state index in [0.29, 0.717) is 56.2 Å². The smallest absolute Gasteiger partial charge is 0.254 e. The molecule has 0 aliphatic carbocycles. The molecule has 6 rings (SSSR count). The van der Waals surface area contributed by atoms with Gasteiger partial charge in [0.15, 0.2) is 0 Å². The number of nitrogens with zero attached hydrogens (tertiary/aromatic N) is 4. The maximum atomic E-state index is 15.6. The van der Waals surface area contributed by atoms with Crippen LogP contribution in [0.15, 0.2) is 48.5 Å². The number of alkyl halides is 1. The lowest BCUT2D eigenvalue weighted by Gasteiger charge is -2.41. The maximum absolute atomic E-state index is 15.6. The predicted molar refractivity (Wildman–Crippen MR) is 173 cm³/mol. The first kappa shape index (κ1) is 33.0. The van der Waals surface area contributed by atoms with Crippen LogP contribution in [0.1, 0.15) is 74.0 Å². The van der Waals surface area contributed by atoms with E-state index in [4.69, 9.17) is 9.47 Å². The van der Waals surface area contributed by atoms with Crippen molar-refractivity contribution in [1.29, 1.82) is 0 Å². The second kappa shape index (κ2) is 14.4. The molecule has 3 fully saturated rings. The maximum Gasteiger partial charge on any atom is 0.254 e. The summed E-state index contributed by atoms with van der Waals surface area (Å²) in [5, 5.41) is 11.4. The van der Waals surface area contributed by atoms with E-state index < -0.39 is 23.9 Å². The molecule has 3 saturated heterocycles. The van der Waals surface area contributed by atoms with E-state index in [9.17, 15) is 9.59 Å². The van der Waals surface area contributed by atoms with Crippen LogP contribution in [0.5, 0.6) is 11.5 Å². The van der Waals surface area contributed by atoms with Gasteiger partial charge in [-0.2, -0.15) is 10.2 Å². The van der Waals surface area contributed by atoms with Crippen molar-refractivity contribution < 1.29 is 27.8 Å². The minimum absolute atomic E-state index is 0.0132. The van der Waals surface area contributed by atoms with Crippen LogP contribution < -0.4 is 10.1 Å². The molecule has 11 heteroatoms. The lowest BCUT2D eigenvalue weighted by atomic mass is 9.98. The highest BCUT2D eigenvalue weighted by molar-refractivity contribution is 5.95. The van der Waals surface area contributed by atoms with Gasteiger partial charge >= 0.3 is 0 Å². The summed E-state index contributed by atoms with van der Waals surface area (Å²) in [4.78, 5) is 29.8. The Balaban J connectivity index is 1.20. The van der Waals surface area contributed by atoms with Gasteiger partial charge in [-0.3, -0.25) is 14.5 Å². The largest absolute Gasteiger partial charge is 0.457 e. The second-order valence-electron chi connectivity index (χ2n) is 13.4. The Bertz CT molecular complexity index is 1560. The fraction of sp³-hybridized carbons (Fsp3) is 0.500. The highest BCUT2D eigenvalue weighted by atomic mass is 19.1. The Morgan fingerprint density at radius 1 is 1.06 bits per heavy atom. The topological polar surface area (TPSA) is 96.9 Å². The third-order valence-electron chi connectivity index (χ3n) is 9.41. The molecule has 3 unspecified atom stereocenters. The summed E-state index contributed by atoms with van der Waals surface area (Å²) in [6, 6.07) is 13.3. The lowest BCUT2D eigenvalue weighted by Crippen LogP contribution is -2.55. The van der Waals surface area contributed by atoms with Gasteiger partial charge in [-0.1, -0.05) is 20.8 Å².